The van der Waals surface area contributed by atoms with E-state index in [1.165, 1.54) is 12.0 Å². The summed E-state index contributed by atoms with van der Waals surface area (Å²) in [6.45, 7) is 11.9. The second-order valence-corrected chi connectivity index (χ2v) is 2.57. The van der Waals surface area contributed by atoms with Crippen molar-refractivity contribution in [3.63, 3.8) is 0 Å². The fourth-order valence-corrected chi connectivity index (χ4v) is 0.327. The Morgan fingerprint density at radius 2 is 1.64 bits per heavy atom. The van der Waals surface area contributed by atoms with Crippen LogP contribution >= 0.6 is 0 Å². The Kier molecular flexibility index (Phi) is 14.0. The van der Waals surface area contributed by atoms with Crippen molar-refractivity contribution < 1.29 is 0 Å². The van der Waals surface area contributed by atoms with Gasteiger partial charge in [-0.05, 0) is 13.8 Å². The van der Waals surface area contributed by atoms with Crippen LogP contribution in [0.1, 0.15) is 34.1 Å². The molecule has 0 bridgehead atoms. The molecule has 0 aliphatic heterocycles. The predicted molar refractivity (Wildman–Crippen MR) is 54.7 cm³/mol. The van der Waals surface area contributed by atoms with Crippen LogP contribution in [0.25, 0.3) is 0 Å². The summed E-state index contributed by atoms with van der Waals surface area (Å²) in [6, 6.07) is 0. The zero-order valence-corrected chi connectivity index (χ0v) is 8.22. The van der Waals surface area contributed by atoms with E-state index in [-0.39, 0.29) is 0 Å². The van der Waals surface area contributed by atoms with E-state index in [4.69, 9.17) is 0 Å². The third-order valence-corrected chi connectivity index (χ3v) is 0.677. The molecule has 0 saturated carbocycles. The van der Waals surface area contributed by atoms with Crippen LogP contribution < -0.4 is 0 Å². The Balaban J connectivity index is 0. The van der Waals surface area contributed by atoms with E-state index in [1.807, 2.05) is 18.2 Å². The van der Waals surface area contributed by atoms with Crippen LogP contribution in [0.2, 0.25) is 0 Å². The molecule has 0 atom stereocenters. The van der Waals surface area contributed by atoms with Crippen LogP contribution in [0.5, 0.6) is 0 Å². The average molecular weight is 152 g/mol. The van der Waals surface area contributed by atoms with Gasteiger partial charge in [-0.15, -0.1) is 0 Å². The van der Waals surface area contributed by atoms with Crippen LogP contribution in [0, 0.1) is 0 Å². The summed E-state index contributed by atoms with van der Waals surface area (Å²) in [6.07, 6.45) is 8.94. The minimum Gasteiger partial charge on any atom is -0.0991 e. The molecule has 0 aliphatic rings. The lowest BCUT2D eigenvalue weighted by atomic mass is 10.3. The van der Waals surface area contributed by atoms with Crippen LogP contribution in [-0.4, -0.2) is 0 Å². The molecule has 0 aromatic rings. The van der Waals surface area contributed by atoms with Crippen molar-refractivity contribution in [1.29, 1.82) is 0 Å². The molecule has 0 radical (unpaired) electrons. The molecule has 0 N–H and O–H groups in total. The van der Waals surface area contributed by atoms with E-state index < -0.39 is 0 Å². The molecule has 0 heteroatoms. The summed E-state index contributed by atoms with van der Waals surface area (Å²) in [7, 11) is 0. The summed E-state index contributed by atoms with van der Waals surface area (Å²) in [5, 5.41) is 0. The Bertz CT molecular complexity index is 123. The molecule has 0 unspecified atom stereocenters. The van der Waals surface area contributed by atoms with Gasteiger partial charge in [0.15, 0.2) is 0 Å². The van der Waals surface area contributed by atoms with Gasteiger partial charge in [-0.25, -0.2) is 0 Å². The van der Waals surface area contributed by atoms with E-state index in [2.05, 4.69) is 34.3 Å². The van der Waals surface area contributed by atoms with E-state index in [0.717, 1.165) is 0 Å². The normalized spacial score (nSPS) is 8.36. The third kappa shape index (κ3) is 27.0. The molecule has 0 aliphatic carbocycles. The maximum Gasteiger partial charge on any atom is -0.0439 e. The van der Waals surface area contributed by atoms with Crippen LogP contribution in [-0.2, 0) is 0 Å². The highest BCUT2D eigenvalue weighted by Crippen LogP contribution is 1.87. The smallest absolute Gasteiger partial charge is 0.0439 e. The molecule has 0 heterocycles. The molecular formula is C11H20. The molecule has 0 aromatic heterocycles. The van der Waals surface area contributed by atoms with Crippen LogP contribution in [0.15, 0.2) is 36.5 Å². The van der Waals surface area contributed by atoms with Gasteiger partial charge in [-0.3, -0.25) is 0 Å². The zero-order chi connectivity index (χ0) is 9.11. The van der Waals surface area contributed by atoms with Gasteiger partial charge < -0.3 is 0 Å². The third-order valence-electron chi connectivity index (χ3n) is 0.677. The van der Waals surface area contributed by atoms with Crippen molar-refractivity contribution >= 4 is 0 Å². The molecule has 0 spiro atoms. The van der Waals surface area contributed by atoms with Crippen LogP contribution in [0.4, 0.5) is 0 Å². The van der Waals surface area contributed by atoms with Gasteiger partial charge in [-0.2, -0.15) is 0 Å². The van der Waals surface area contributed by atoms with Crippen molar-refractivity contribution in [2.75, 3.05) is 0 Å². The van der Waals surface area contributed by atoms with Crippen molar-refractivity contribution in [2.24, 2.45) is 0 Å². The summed E-state index contributed by atoms with van der Waals surface area (Å²) in [4.78, 5) is 0. The van der Waals surface area contributed by atoms with Gasteiger partial charge in [0.25, 0.3) is 0 Å². The fourth-order valence-electron chi connectivity index (χ4n) is 0.327. The zero-order valence-electron chi connectivity index (χ0n) is 8.22. The van der Waals surface area contributed by atoms with E-state index in [9.17, 15) is 0 Å². The standard InChI is InChI=1S/C8H12.C3H8/c1-4-5-6-7-8(2)3;1-3-2/h4-7H,1H2,2-3H3;3H2,1-2H3/b6-5-;. The topological polar surface area (TPSA) is 0 Å². The molecule has 11 heavy (non-hydrogen) atoms. The number of hydrogen-bond acceptors (Lipinski definition) is 0. The van der Waals surface area contributed by atoms with E-state index in [0.29, 0.717) is 0 Å². The van der Waals surface area contributed by atoms with Crippen molar-refractivity contribution in [3.05, 3.63) is 36.5 Å². The van der Waals surface area contributed by atoms with Gasteiger partial charge in [0.1, 0.15) is 0 Å². The Morgan fingerprint density at radius 3 is 1.91 bits per heavy atom. The van der Waals surface area contributed by atoms with Crippen molar-refractivity contribution in [2.45, 2.75) is 34.1 Å². The number of rotatable bonds is 2. The maximum absolute atomic E-state index is 3.54. The van der Waals surface area contributed by atoms with Crippen molar-refractivity contribution in [3.8, 4) is 0 Å². The SMILES string of the molecule is C=C/C=C\C=C(C)C.CCC. The summed E-state index contributed by atoms with van der Waals surface area (Å²) >= 11 is 0. The highest BCUT2D eigenvalue weighted by atomic mass is 13.7. The first-order valence-corrected chi connectivity index (χ1v) is 4.11. The summed E-state index contributed by atoms with van der Waals surface area (Å²) in [5.41, 5.74) is 1.31. The van der Waals surface area contributed by atoms with E-state index >= 15 is 0 Å². The molecular weight excluding hydrogens is 132 g/mol. The maximum atomic E-state index is 3.54. The molecule has 0 amide bonds. The molecule has 0 aromatic carbocycles. The largest absolute Gasteiger partial charge is 0.0991 e. The summed E-state index contributed by atoms with van der Waals surface area (Å²) < 4.78 is 0. The second-order valence-electron chi connectivity index (χ2n) is 2.57. The first kappa shape index (κ1) is 12.9. The Morgan fingerprint density at radius 1 is 1.18 bits per heavy atom. The van der Waals surface area contributed by atoms with E-state index in [1.54, 1.807) is 6.08 Å². The fraction of sp³-hybridized carbons (Fsp3) is 0.455. The highest BCUT2D eigenvalue weighted by molar-refractivity contribution is 5.12. The molecule has 0 nitrogen and oxygen atoms in total. The minimum atomic E-state index is 1.25. The lowest BCUT2D eigenvalue weighted by molar-refractivity contribution is 1.09. The first-order chi connectivity index (χ1) is 5.18. The quantitative estimate of drug-likeness (QED) is 0.522. The molecule has 64 valence electrons. The van der Waals surface area contributed by atoms with Gasteiger partial charge in [0, 0.05) is 0 Å². The van der Waals surface area contributed by atoms with Gasteiger partial charge in [-0.1, -0.05) is 56.7 Å². The predicted octanol–water partition coefficient (Wildman–Crippen LogP) is 4.11. The lowest BCUT2D eigenvalue weighted by Crippen LogP contribution is -1.56. The average Bonchev–Trinajstić information content (AvgIpc) is 1.89. The van der Waals surface area contributed by atoms with Gasteiger partial charge in [0.2, 0.25) is 0 Å². The highest BCUT2D eigenvalue weighted by Gasteiger charge is 1.66. The monoisotopic (exact) mass is 152 g/mol. The van der Waals surface area contributed by atoms with Gasteiger partial charge >= 0.3 is 0 Å². The number of hydrogen-bond donors (Lipinski definition) is 0. The Hall–Kier alpha value is -0.780. The number of allylic oxidation sites excluding steroid dienone is 5. The Labute approximate surface area is 71.3 Å². The second kappa shape index (κ2) is 12.0. The molecule has 0 rings (SSSR count). The van der Waals surface area contributed by atoms with Crippen LogP contribution in [0.3, 0.4) is 0 Å². The van der Waals surface area contributed by atoms with Crippen molar-refractivity contribution in [1.82, 2.24) is 0 Å². The summed E-state index contributed by atoms with van der Waals surface area (Å²) in [5.74, 6) is 0. The van der Waals surface area contributed by atoms with Gasteiger partial charge in [0.05, 0.1) is 0 Å². The lowest BCUT2D eigenvalue weighted by Gasteiger charge is -1.78. The minimum absolute atomic E-state index is 1.25. The molecule has 0 saturated heterocycles. The first-order valence-electron chi connectivity index (χ1n) is 4.11. The molecule has 0 fully saturated rings.